The van der Waals surface area contributed by atoms with Gasteiger partial charge in [0.25, 0.3) is 0 Å². The zero-order valence-electron chi connectivity index (χ0n) is 10.7. The Labute approximate surface area is 120 Å². The summed E-state index contributed by atoms with van der Waals surface area (Å²) in [6, 6.07) is 12.2. The van der Waals surface area contributed by atoms with Crippen LogP contribution in [0.4, 0.5) is 4.39 Å². The molecule has 0 spiro atoms. The Morgan fingerprint density at radius 1 is 1.25 bits per heavy atom. The summed E-state index contributed by atoms with van der Waals surface area (Å²) in [4.78, 5) is 18.0. The summed E-state index contributed by atoms with van der Waals surface area (Å²) in [6.45, 7) is 0.278. The van der Waals surface area contributed by atoms with Crippen molar-refractivity contribution in [3.05, 3.63) is 65.7 Å². The molecule has 0 N–H and O–H groups in total. The van der Waals surface area contributed by atoms with Crippen LogP contribution in [-0.2, 0) is 11.3 Å². The van der Waals surface area contributed by atoms with E-state index in [2.05, 4.69) is 4.98 Å². The lowest BCUT2D eigenvalue weighted by Crippen LogP contribution is -2.28. The van der Waals surface area contributed by atoms with Crippen molar-refractivity contribution in [3.63, 3.8) is 0 Å². The third-order valence-corrected chi connectivity index (χ3v) is 4.43. The Kier molecular flexibility index (Phi) is 3.69. The summed E-state index contributed by atoms with van der Waals surface area (Å²) in [5.74, 6) is 0.154. The molecule has 1 saturated heterocycles. The van der Waals surface area contributed by atoms with E-state index >= 15 is 0 Å². The molecule has 5 heteroatoms. The molecule has 1 unspecified atom stereocenters. The van der Waals surface area contributed by atoms with Crippen molar-refractivity contribution in [2.45, 2.75) is 11.9 Å². The Bertz CT molecular complexity index is 620. The van der Waals surface area contributed by atoms with Crippen molar-refractivity contribution >= 4 is 17.7 Å². The summed E-state index contributed by atoms with van der Waals surface area (Å²) >= 11 is 1.53. The summed E-state index contributed by atoms with van der Waals surface area (Å²) in [6.07, 6.45) is 1.71. The van der Waals surface area contributed by atoms with Crippen LogP contribution in [-0.4, -0.2) is 21.5 Å². The monoisotopic (exact) mass is 288 g/mol. The molecule has 1 amide bonds. The number of amides is 1. The number of benzene rings is 1. The van der Waals surface area contributed by atoms with E-state index < -0.39 is 0 Å². The lowest BCUT2D eigenvalue weighted by Gasteiger charge is -2.23. The van der Waals surface area contributed by atoms with Crippen LogP contribution in [0.25, 0.3) is 0 Å². The first-order chi connectivity index (χ1) is 9.75. The summed E-state index contributed by atoms with van der Waals surface area (Å²) < 4.78 is 13.7. The van der Waals surface area contributed by atoms with Gasteiger partial charge in [-0.2, -0.15) is 0 Å². The lowest BCUT2D eigenvalue weighted by molar-refractivity contribution is -0.128. The van der Waals surface area contributed by atoms with Crippen molar-refractivity contribution < 1.29 is 9.18 Å². The highest BCUT2D eigenvalue weighted by Gasteiger charge is 2.33. The van der Waals surface area contributed by atoms with E-state index in [1.54, 1.807) is 29.3 Å². The predicted octanol–water partition coefficient (Wildman–Crippen LogP) is 2.99. The molecule has 1 aliphatic rings. The zero-order chi connectivity index (χ0) is 13.9. The highest BCUT2D eigenvalue weighted by molar-refractivity contribution is 8.00. The number of pyridine rings is 1. The quantitative estimate of drug-likeness (QED) is 0.870. The number of carbonyl (C=O) groups excluding carboxylic acids is 1. The molecule has 1 aromatic carbocycles. The number of hydrogen-bond acceptors (Lipinski definition) is 3. The van der Waals surface area contributed by atoms with E-state index in [-0.39, 0.29) is 23.6 Å². The van der Waals surface area contributed by atoms with Crippen molar-refractivity contribution in [2.75, 3.05) is 5.75 Å². The molecular formula is C15H13FN2OS. The number of halogens is 1. The predicted molar refractivity (Wildman–Crippen MR) is 76.4 cm³/mol. The van der Waals surface area contributed by atoms with Crippen molar-refractivity contribution in [1.82, 2.24) is 9.88 Å². The van der Waals surface area contributed by atoms with Gasteiger partial charge in [-0.1, -0.05) is 24.3 Å². The number of aromatic nitrogens is 1. The van der Waals surface area contributed by atoms with Crippen LogP contribution >= 0.6 is 11.8 Å². The zero-order valence-corrected chi connectivity index (χ0v) is 11.5. The molecule has 3 rings (SSSR count). The van der Waals surface area contributed by atoms with Gasteiger partial charge in [0, 0.05) is 11.8 Å². The van der Waals surface area contributed by atoms with E-state index in [9.17, 15) is 9.18 Å². The Balaban J connectivity index is 1.86. The minimum Gasteiger partial charge on any atom is -0.320 e. The van der Waals surface area contributed by atoms with Gasteiger partial charge in [-0.25, -0.2) is 4.39 Å². The summed E-state index contributed by atoms with van der Waals surface area (Å²) in [5, 5.41) is -0.136. The largest absolute Gasteiger partial charge is 0.320 e. The molecule has 0 aliphatic carbocycles. The summed E-state index contributed by atoms with van der Waals surface area (Å²) in [5.41, 5.74) is 1.36. The molecule has 20 heavy (non-hydrogen) atoms. The lowest BCUT2D eigenvalue weighted by atomic mass is 10.2. The number of thioether (sulfide) groups is 1. The molecule has 1 atom stereocenters. The van der Waals surface area contributed by atoms with Crippen molar-refractivity contribution in [3.8, 4) is 0 Å². The van der Waals surface area contributed by atoms with E-state index in [1.165, 1.54) is 17.8 Å². The summed E-state index contributed by atoms with van der Waals surface area (Å²) in [7, 11) is 0. The van der Waals surface area contributed by atoms with Gasteiger partial charge in [-0.3, -0.25) is 9.78 Å². The molecule has 102 valence electrons. The van der Waals surface area contributed by atoms with Gasteiger partial charge >= 0.3 is 0 Å². The van der Waals surface area contributed by atoms with Crippen LogP contribution < -0.4 is 0 Å². The standard InChI is InChI=1S/C15H13FN2OS/c16-12-6-2-1-5-11(12)9-18-14(19)10-20-15(18)13-7-3-4-8-17-13/h1-8,15H,9-10H2. The molecule has 2 heterocycles. The van der Waals surface area contributed by atoms with Crippen LogP contribution in [0.15, 0.2) is 48.7 Å². The van der Waals surface area contributed by atoms with Crippen LogP contribution in [0, 0.1) is 5.82 Å². The van der Waals surface area contributed by atoms with Crippen molar-refractivity contribution in [2.24, 2.45) is 0 Å². The molecule has 1 aliphatic heterocycles. The molecule has 0 bridgehead atoms. The van der Waals surface area contributed by atoms with E-state index in [0.29, 0.717) is 11.3 Å². The van der Waals surface area contributed by atoms with Crippen LogP contribution in [0.5, 0.6) is 0 Å². The van der Waals surface area contributed by atoms with Crippen LogP contribution in [0.1, 0.15) is 16.6 Å². The van der Waals surface area contributed by atoms with Gasteiger partial charge in [0.1, 0.15) is 11.2 Å². The molecule has 1 fully saturated rings. The Morgan fingerprint density at radius 3 is 2.80 bits per heavy atom. The average Bonchev–Trinajstić information content (AvgIpc) is 2.84. The van der Waals surface area contributed by atoms with Gasteiger partial charge in [0.05, 0.1) is 18.0 Å². The maximum absolute atomic E-state index is 13.7. The maximum Gasteiger partial charge on any atom is 0.234 e. The first kappa shape index (κ1) is 13.1. The Morgan fingerprint density at radius 2 is 2.05 bits per heavy atom. The molecule has 2 aromatic rings. The normalized spacial score (nSPS) is 18.6. The molecule has 1 aromatic heterocycles. The smallest absolute Gasteiger partial charge is 0.234 e. The molecule has 0 radical (unpaired) electrons. The topological polar surface area (TPSA) is 33.2 Å². The van der Waals surface area contributed by atoms with Crippen molar-refractivity contribution in [1.29, 1.82) is 0 Å². The van der Waals surface area contributed by atoms with E-state index in [0.717, 1.165) is 5.69 Å². The minimum absolute atomic E-state index is 0.0221. The third-order valence-electron chi connectivity index (χ3n) is 3.21. The minimum atomic E-state index is -0.281. The first-order valence-corrected chi connectivity index (χ1v) is 7.36. The van der Waals surface area contributed by atoms with Gasteiger partial charge < -0.3 is 4.90 Å². The van der Waals surface area contributed by atoms with Gasteiger partial charge in [0.2, 0.25) is 5.91 Å². The molecular weight excluding hydrogens is 275 g/mol. The number of hydrogen-bond donors (Lipinski definition) is 0. The maximum atomic E-state index is 13.7. The van der Waals surface area contributed by atoms with E-state index in [4.69, 9.17) is 0 Å². The molecule has 0 saturated carbocycles. The second kappa shape index (κ2) is 5.63. The van der Waals surface area contributed by atoms with Gasteiger partial charge in [-0.15, -0.1) is 11.8 Å². The fourth-order valence-corrected chi connectivity index (χ4v) is 3.35. The highest BCUT2D eigenvalue weighted by Crippen LogP contribution is 2.38. The van der Waals surface area contributed by atoms with Gasteiger partial charge in [-0.05, 0) is 18.2 Å². The van der Waals surface area contributed by atoms with Crippen LogP contribution in [0.2, 0.25) is 0 Å². The van der Waals surface area contributed by atoms with Crippen LogP contribution in [0.3, 0.4) is 0 Å². The SMILES string of the molecule is O=C1CSC(c2ccccn2)N1Cc1ccccc1F. The van der Waals surface area contributed by atoms with Gasteiger partial charge in [0.15, 0.2) is 0 Å². The third kappa shape index (κ3) is 2.54. The fourth-order valence-electron chi connectivity index (χ4n) is 2.20. The molecule has 3 nitrogen and oxygen atoms in total. The number of rotatable bonds is 3. The second-order valence-electron chi connectivity index (χ2n) is 4.53. The Hall–Kier alpha value is -1.88. The number of nitrogens with zero attached hydrogens (tertiary/aromatic N) is 2. The first-order valence-electron chi connectivity index (χ1n) is 6.31. The average molecular weight is 288 g/mol. The fraction of sp³-hybridized carbons (Fsp3) is 0.200. The highest BCUT2D eigenvalue weighted by atomic mass is 32.2. The number of carbonyl (C=O) groups is 1. The van der Waals surface area contributed by atoms with E-state index in [1.807, 2.05) is 18.2 Å². The second-order valence-corrected chi connectivity index (χ2v) is 5.60.